The SMILES string of the molecule is COc1cc(C#N)cc(Oc2ncccc2[C@H](C)O)c1. The van der Waals surface area contributed by atoms with Gasteiger partial charge in [-0.3, -0.25) is 0 Å². The molecule has 1 aromatic heterocycles. The lowest BCUT2D eigenvalue weighted by atomic mass is 10.2. The number of nitrogens with zero attached hydrogens (tertiary/aromatic N) is 2. The molecule has 5 heteroatoms. The Hall–Kier alpha value is -2.58. The van der Waals surface area contributed by atoms with Crippen LogP contribution in [0.25, 0.3) is 0 Å². The number of aliphatic hydroxyl groups is 1. The highest BCUT2D eigenvalue weighted by Crippen LogP contribution is 2.30. The second-order valence-corrected chi connectivity index (χ2v) is 4.18. The summed E-state index contributed by atoms with van der Waals surface area (Å²) in [6, 6.07) is 10.3. The third-order valence-electron chi connectivity index (χ3n) is 2.71. The quantitative estimate of drug-likeness (QED) is 0.924. The van der Waals surface area contributed by atoms with Gasteiger partial charge in [0.1, 0.15) is 11.5 Å². The van der Waals surface area contributed by atoms with E-state index < -0.39 is 6.10 Å². The molecule has 0 radical (unpaired) electrons. The third kappa shape index (κ3) is 3.05. The minimum absolute atomic E-state index is 0.305. The molecule has 0 aliphatic heterocycles. The number of hydrogen-bond donors (Lipinski definition) is 1. The lowest BCUT2D eigenvalue weighted by molar-refractivity contribution is 0.194. The van der Waals surface area contributed by atoms with Crippen LogP contribution in [-0.2, 0) is 0 Å². The normalized spacial score (nSPS) is 11.5. The van der Waals surface area contributed by atoms with Gasteiger partial charge in [-0.2, -0.15) is 5.26 Å². The standard InChI is InChI=1S/C15H14N2O3/c1-10(18)14-4-3-5-17-15(14)20-13-7-11(9-16)6-12(8-13)19-2/h3-8,10,18H,1-2H3/t10-/m0/s1. The molecule has 0 aliphatic rings. The lowest BCUT2D eigenvalue weighted by Crippen LogP contribution is -1.98. The van der Waals surface area contributed by atoms with Gasteiger partial charge < -0.3 is 14.6 Å². The van der Waals surface area contributed by atoms with E-state index in [1.165, 1.54) is 7.11 Å². The maximum Gasteiger partial charge on any atom is 0.225 e. The third-order valence-corrected chi connectivity index (χ3v) is 2.71. The Kier molecular flexibility index (Phi) is 4.18. The van der Waals surface area contributed by atoms with Crippen molar-refractivity contribution in [3.8, 4) is 23.4 Å². The topological polar surface area (TPSA) is 75.4 Å². The first kappa shape index (κ1) is 13.8. The molecule has 0 amide bonds. The molecule has 102 valence electrons. The van der Waals surface area contributed by atoms with E-state index in [1.54, 1.807) is 43.5 Å². The Morgan fingerprint density at radius 3 is 2.70 bits per heavy atom. The number of pyridine rings is 1. The number of rotatable bonds is 4. The largest absolute Gasteiger partial charge is 0.497 e. The van der Waals surface area contributed by atoms with Crippen molar-refractivity contribution in [3.05, 3.63) is 47.7 Å². The fourth-order valence-corrected chi connectivity index (χ4v) is 1.73. The smallest absolute Gasteiger partial charge is 0.225 e. The summed E-state index contributed by atoms with van der Waals surface area (Å²) in [7, 11) is 1.52. The van der Waals surface area contributed by atoms with Crippen LogP contribution >= 0.6 is 0 Å². The van der Waals surface area contributed by atoms with E-state index in [9.17, 15) is 5.11 Å². The molecular formula is C15H14N2O3. The number of hydrogen-bond acceptors (Lipinski definition) is 5. The zero-order valence-corrected chi connectivity index (χ0v) is 11.2. The summed E-state index contributed by atoms with van der Waals surface area (Å²) < 4.78 is 10.8. The van der Waals surface area contributed by atoms with Crippen molar-refractivity contribution in [3.63, 3.8) is 0 Å². The van der Waals surface area contributed by atoms with Crippen LogP contribution in [0, 0.1) is 11.3 Å². The molecule has 1 atom stereocenters. The number of benzene rings is 1. The highest BCUT2D eigenvalue weighted by Gasteiger charge is 2.12. The van der Waals surface area contributed by atoms with Crippen LogP contribution in [0.4, 0.5) is 0 Å². The van der Waals surface area contributed by atoms with Crippen molar-refractivity contribution in [1.82, 2.24) is 4.98 Å². The number of aliphatic hydroxyl groups excluding tert-OH is 1. The van der Waals surface area contributed by atoms with Crippen molar-refractivity contribution < 1.29 is 14.6 Å². The van der Waals surface area contributed by atoms with Gasteiger partial charge in [0.2, 0.25) is 5.88 Å². The predicted octanol–water partition coefficient (Wildman–Crippen LogP) is 2.81. The maximum absolute atomic E-state index is 9.69. The predicted molar refractivity (Wildman–Crippen MR) is 72.7 cm³/mol. The molecule has 0 saturated carbocycles. The van der Waals surface area contributed by atoms with Gasteiger partial charge in [0.05, 0.1) is 24.8 Å². The summed E-state index contributed by atoms with van der Waals surface area (Å²) in [4.78, 5) is 4.10. The van der Waals surface area contributed by atoms with Gasteiger partial charge in [0, 0.05) is 17.8 Å². The van der Waals surface area contributed by atoms with Crippen molar-refractivity contribution in [2.75, 3.05) is 7.11 Å². The second kappa shape index (κ2) is 6.04. The monoisotopic (exact) mass is 270 g/mol. The highest BCUT2D eigenvalue weighted by atomic mass is 16.5. The van der Waals surface area contributed by atoms with Gasteiger partial charge >= 0.3 is 0 Å². The summed E-state index contributed by atoms with van der Waals surface area (Å²) in [5.41, 5.74) is 1.00. The Balaban J connectivity index is 2.38. The molecular weight excluding hydrogens is 256 g/mol. The average Bonchev–Trinajstić information content (AvgIpc) is 2.47. The van der Waals surface area contributed by atoms with Crippen LogP contribution in [-0.4, -0.2) is 17.2 Å². The van der Waals surface area contributed by atoms with Gasteiger partial charge in [-0.25, -0.2) is 4.98 Å². The number of aromatic nitrogens is 1. The average molecular weight is 270 g/mol. The highest BCUT2D eigenvalue weighted by molar-refractivity contribution is 5.45. The van der Waals surface area contributed by atoms with E-state index in [0.29, 0.717) is 28.5 Å². The van der Waals surface area contributed by atoms with E-state index in [0.717, 1.165) is 0 Å². The Labute approximate surface area is 117 Å². The van der Waals surface area contributed by atoms with Gasteiger partial charge in [-0.1, -0.05) is 0 Å². The zero-order valence-electron chi connectivity index (χ0n) is 11.2. The molecule has 0 spiro atoms. The molecule has 5 nitrogen and oxygen atoms in total. The Bertz CT molecular complexity index is 648. The van der Waals surface area contributed by atoms with Gasteiger partial charge in [-0.15, -0.1) is 0 Å². The summed E-state index contributed by atoms with van der Waals surface area (Å²) in [6.45, 7) is 1.64. The van der Waals surface area contributed by atoms with E-state index in [1.807, 2.05) is 6.07 Å². The number of ether oxygens (including phenoxy) is 2. The summed E-state index contributed by atoms with van der Waals surface area (Å²) in [5.74, 6) is 1.26. The van der Waals surface area contributed by atoms with Crippen LogP contribution < -0.4 is 9.47 Å². The summed E-state index contributed by atoms with van der Waals surface area (Å²) in [6.07, 6.45) is 0.881. The van der Waals surface area contributed by atoms with Crippen molar-refractivity contribution >= 4 is 0 Å². The molecule has 1 aromatic carbocycles. The second-order valence-electron chi connectivity index (χ2n) is 4.18. The van der Waals surface area contributed by atoms with Crippen molar-refractivity contribution in [2.45, 2.75) is 13.0 Å². The minimum atomic E-state index is -0.695. The molecule has 0 aliphatic carbocycles. The fourth-order valence-electron chi connectivity index (χ4n) is 1.73. The number of nitriles is 1. The van der Waals surface area contributed by atoms with Gasteiger partial charge in [0.15, 0.2) is 0 Å². The lowest BCUT2D eigenvalue weighted by Gasteiger charge is -2.12. The van der Waals surface area contributed by atoms with Gasteiger partial charge in [-0.05, 0) is 31.2 Å². The first-order valence-electron chi connectivity index (χ1n) is 6.04. The molecule has 1 heterocycles. The molecule has 2 rings (SSSR count). The maximum atomic E-state index is 9.69. The molecule has 2 aromatic rings. The fraction of sp³-hybridized carbons (Fsp3) is 0.200. The molecule has 20 heavy (non-hydrogen) atoms. The Morgan fingerprint density at radius 2 is 2.05 bits per heavy atom. The first-order valence-corrected chi connectivity index (χ1v) is 6.04. The van der Waals surface area contributed by atoms with Crippen molar-refractivity contribution in [2.24, 2.45) is 0 Å². The van der Waals surface area contributed by atoms with Crippen LogP contribution in [0.1, 0.15) is 24.2 Å². The minimum Gasteiger partial charge on any atom is -0.497 e. The molecule has 0 saturated heterocycles. The van der Waals surface area contributed by atoms with E-state index in [2.05, 4.69) is 4.98 Å². The van der Waals surface area contributed by atoms with Crippen molar-refractivity contribution in [1.29, 1.82) is 5.26 Å². The molecule has 0 fully saturated rings. The first-order chi connectivity index (χ1) is 9.63. The molecule has 0 bridgehead atoms. The van der Waals surface area contributed by atoms with Crippen LogP contribution in [0.3, 0.4) is 0 Å². The molecule has 0 unspecified atom stereocenters. The van der Waals surface area contributed by atoms with Crippen LogP contribution in [0.15, 0.2) is 36.5 Å². The summed E-state index contributed by atoms with van der Waals surface area (Å²) >= 11 is 0. The van der Waals surface area contributed by atoms with Crippen LogP contribution in [0.5, 0.6) is 17.4 Å². The number of methoxy groups -OCH3 is 1. The van der Waals surface area contributed by atoms with Gasteiger partial charge in [0.25, 0.3) is 0 Å². The van der Waals surface area contributed by atoms with Crippen LogP contribution in [0.2, 0.25) is 0 Å². The van der Waals surface area contributed by atoms with E-state index in [4.69, 9.17) is 14.7 Å². The van der Waals surface area contributed by atoms with E-state index in [-0.39, 0.29) is 0 Å². The Morgan fingerprint density at radius 1 is 1.30 bits per heavy atom. The van der Waals surface area contributed by atoms with E-state index >= 15 is 0 Å². The summed E-state index contributed by atoms with van der Waals surface area (Å²) in [5, 5.41) is 18.7. The zero-order chi connectivity index (χ0) is 14.5. The molecule has 1 N–H and O–H groups in total.